The predicted octanol–water partition coefficient (Wildman–Crippen LogP) is 6.39. The fourth-order valence-electron chi connectivity index (χ4n) is 2.91. The molecule has 3 aromatic carbocycles. The second-order valence-corrected chi connectivity index (χ2v) is 6.60. The zero-order chi connectivity index (χ0) is 16.7. The van der Waals surface area contributed by atoms with Gasteiger partial charge in [-0.15, -0.1) is 0 Å². The molecule has 24 heavy (non-hydrogen) atoms. The number of aromatic amines is 1. The Morgan fingerprint density at radius 1 is 0.750 bits per heavy atom. The van der Waals surface area contributed by atoms with Crippen LogP contribution in [0.2, 0.25) is 10.0 Å². The Morgan fingerprint density at radius 2 is 1.50 bits per heavy atom. The summed E-state index contributed by atoms with van der Waals surface area (Å²) in [5, 5.41) is 2.38. The largest absolute Gasteiger partial charge is 0.398 e. The van der Waals surface area contributed by atoms with Crippen molar-refractivity contribution in [3.05, 3.63) is 76.8 Å². The number of halogens is 2. The Hall–Kier alpha value is -2.42. The van der Waals surface area contributed by atoms with Gasteiger partial charge in [-0.2, -0.15) is 0 Å². The molecule has 4 rings (SSSR count). The van der Waals surface area contributed by atoms with E-state index in [0.29, 0.717) is 10.0 Å². The summed E-state index contributed by atoms with van der Waals surface area (Å²) in [4.78, 5) is 3.42. The van der Waals surface area contributed by atoms with Gasteiger partial charge < -0.3 is 10.7 Å². The topological polar surface area (TPSA) is 41.8 Å². The molecular weight excluding hydrogens is 339 g/mol. The van der Waals surface area contributed by atoms with E-state index in [1.807, 2.05) is 36.4 Å². The van der Waals surface area contributed by atoms with Crippen molar-refractivity contribution in [1.82, 2.24) is 4.98 Å². The van der Waals surface area contributed by atoms with Crippen LogP contribution in [0.25, 0.3) is 33.3 Å². The monoisotopic (exact) mass is 352 g/mol. The zero-order valence-electron chi connectivity index (χ0n) is 12.7. The van der Waals surface area contributed by atoms with Crippen molar-refractivity contribution in [2.24, 2.45) is 0 Å². The molecule has 0 saturated heterocycles. The van der Waals surface area contributed by atoms with Crippen molar-refractivity contribution in [2.45, 2.75) is 0 Å². The highest BCUT2D eigenvalue weighted by Crippen LogP contribution is 2.34. The lowest BCUT2D eigenvalue weighted by atomic mass is 10.0. The van der Waals surface area contributed by atoms with Crippen LogP contribution in [0, 0.1) is 0 Å². The SMILES string of the molecule is Nc1ccc(-c2cc(Cl)cc(Cl)c2)cc1-c1cc2ccccc2[nH]1. The number of anilines is 1. The molecular formula is C20H14Cl2N2. The maximum atomic E-state index is 6.21. The lowest BCUT2D eigenvalue weighted by Crippen LogP contribution is -1.91. The maximum Gasteiger partial charge on any atom is 0.0485 e. The summed E-state index contributed by atoms with van der Waals surface area (Å²) >= 11 is 12.3. The van der Waals surface area contributed by atoms with E-state index in [4.69, 9.17) is 28.9 Å². The third-order valence-electron chi connectivity index (χ3n) is 4.07. The van der Waals surface area contributed by atoms with E-state index in [0.717, 1.165) is 39.0 Å². The van der Waals surface area contributed by atoms with Crippen molar-refractivity contribution in [3.8, 4) is 22.4 Å². The lowest BCUT2D eigenvalue weighted by molar-refractivity contribution is 1.45. The molecule has 0 spiro atoms. The summed E-state index contributed by atoms with van der Waals surface area (Å²) < 4.78 is 0. The first kappa shape index (κ1) is 15.1. The Labute approximate surface area is 149 Å². The number of benzene rings is 3. The predicted molar refractivity (Wildman–Crippen MR) is 104 cm³/mol. The minimum atomic E-state index is 0.612. The standard InChI is InChI=1S/C20H14Cl2N2/c21-15-7-14(8-16(22)11-15)12-5-6-18(23)17(9-12)20-10-13-3-1-2-4-19(13)24-20/h1-11,24H,23H2. The molecule has 1 heterocycles. The molecule has 4 heteroatoms. The fourth-order valence-corrected chi connectivity index (χ4v) is 3.43. The van der Waals surface area contributed by atoms with Gasteiger partial charge in [0, 0.05) is 37.9 Å². The second-order valence-electron chi connectivity index (χ2n) is 5.73. The number of fused-ring (bicyclic) bond motifs is 1. The molecule has 3 N–H and O–H groups in total. The summed E-state index contributed by atoms with van der Waals surface area (Å²) in [5.41, 5.74) is 11.9. The van der Waals surface area contributed by atoms with Gasteiger partial charge in [0.05, 0.1) is 0 Å². The molecule has 0 bridgehead atoms. The Kier molecular flexibility index (Phi) is 3.72. The van der Waals surface area contributed by atoms with Crippen LogP contribution in [0.5, 0.6) is 0 Å². The van der Waals surface area contributed by atoms with Gasteiger partial charge in [0.25, 0.3) is 0 Å². The van der Waals surface area contributed by atoms with Gasteiger partial charge in [-0.3, -0.25) is 0 Å². The van der Waals surface area contributed by atoms with Crippen LogP contribution < -0.4 is 5.73 Å². The van der Waals surface area contributed by atoms with Gasteiger partial charge in [0.15, 0.2) is 0 Å². The van der Waals surface area contributed by atoms with Crippen LogP contribution in [-0.4, -0.2) is 4.98 Å². The van der Waals surface area contributed by atoms with Crippen LogP contribution in [0.3, 0.4) is 0 Å². The number of aromatic nitrogens is 1. The quantitative estimate of drug-likeness (QED) is 0.403. The summed E-state index contributed by atoms with van der Waals surface area (Å²) in [6.45, 7) is 0. The Balaban J connectivity index is 1.87. The van der Waals surface area contributed by atoms with E-state index < -0.39 is 0 Å². The second kappa shape index (κ2) is 5.90. The normalized spacial score (nSPS) is 11.1. The highest BCUT2D eigenvalue weighted by molar-refractivity contribution is 6.35. The van der Waals surface area contributed by atoms with E-state index in [1.54, 1.807) is 6.07 Å². The minimum absolute atomic E-state index is 0.612. The summed E-state index contributed by atoms with van der Waals surface area (Å²) in [7, 11) is 0. The fraction of sp³-hybridized carbons (Fsp3) is 0. The number of hydrogen-bond donors (Lipinski definition) is 2. The number of nitrogen functional groups attached to an aromatic ring is 1. The van der Waals surface area contributed by atoms with Gasteiger partial charge in [-0.1, -0.05) is 47.5 Å². The number of para-hydroxylation sites is 1. The van der Waals surface area contributed by atoms with Crippen LogP contribution in [0.15, 0.2) is 66.7 Å². The van der Waals surface area contributed by atoms with Gasteiger partial charge in [0.1, 0.15) is 0 Å². The minimum Gasteiger partial charge on any atom is -0.398 e. The van der Waals surface area contributed by atoms with E-state index in [2.05, 4.69) is 29.2 Å². The van der Waals surface area contributed by atoms with Gasteiger partial charge in [-0.25, -0.2) is 0 Å². The Morgan fingerprint density at radius 3 is 2.25 bits per heavy atom. The lowest BCUT2D eigenvalue weighted by Gasteiger charge is -2.09. The van der Waals surface area contributed by atoms with E-state index >= 15 is 0 Å². The number of nitrogens with two attached hydrogens (primary N) is 1. The molecule has 0 radical (unpaired) electrons. The number of H-pyrrole nitrogens is 1. The molecule has 0 aliphatic carbocycles. The first-order valence-corrected chi connectivity index (χ1v) is 8.30. The van der Waals surface area contributed by atoms with E-state index in [-0.39, 0.29) is 0 Å². The zero-order valence-corrected chi connectivity index (χ0v) is 14.2. The maximum absolute atomic E-state index is 6.21. The van der Waals surface area contributed by atoms with Crippen LogP contribution in [0.1, 0.15) is 0 Å². The molecule has 0 unspecified atom stereocenters. The van der Waals surface area contributed by atoms with Crippen molar-refractivity contribution < 1.29 is 0 Å². The van der Waals surface area contributed by atoms with E-state index in [9.17, 15) is 0 Å². The van der Waals surface area contributed by atoms with E-state index in [1.165, 1.54) is 0 Å². The van der Waals surface area contributed by atoms with Crippen molar-refractivity contribution in [3.63, 3.8) is 0 Å². The molecule has 118 valence electrons. The van der Waals surface area contributed by atoms with Gasteiger partial charge >= 0.3 is 0 Å². The number of rotatable bonds is 2. The smallest absolute Gasteiger partial charge is 0.0485 e. The van der Waals surface area contributed by atoms with Gasteiger partial charge in [0.2, 0.25) is 0 Å². The van der Waals surface area contributed by atoms with Crippen LogP contribution in [0.4, 0.5) is 5.69 Å². The molecule has 0 amide bonds. The molecule has 4 aromatic rings. The molecule has 0 aliphatic heterocycles. The average Bonchev–Trinajstić information content (AvgIpc) is 2.98. The van der Waals surface area contributed by atoms with Gasteiger partial charge in [-0.05, 0) is 53.6 Å². The Bertz CT molecular complexity index is 997. The average molecular weight is 353 g/mol. The first-order valence-electron chi connectivity index (χ1n) is 7.54. The van der Waals surface area contributed by atoms with Crippen LogP contribution >= 0.6 is 23.2 Å². The molecule has 0 fully saturated rings. The number of nitrogens with one attached hydrogen (secondary N) is 1. The summed E-state index contributed by atoms with van der Waals surface area (Å²) in [5.74, 6) is 0. The molecule has 0 saturated carbocycles. The van der Waals surface area contributed by atoms with Crippen molar-refractivity contribution >= 4 is 39.8 Å². The summed E-state index contributed by atoms with van der Waals surface area (Å²) in [6.07, 6.45) is 0. The van der Waals surface area contributed by atoms with Crippen molar-refractivity contribution in [1.29, 1.82) is 0 Å². The van der Waals surface area contributed by atoms with Crippen molar-refractivity contribution in [2.75, 3.05) is 5.73 Å². The first-order chi connectivity index (χ1) is 11.6. The summed E-state index contributed by atoms with van der Waals surface area (Å²) in [6, 6.07) is 21.7. The molecule has 0 atom stereocenters. The number of hydrogen-bond acceptors (Lipinski definition) is 1. The van der Waals surface area contributed by atoms with Crippen LogP contribution in [-0.2, 0) is 0 Å². The molecule has 0 aliphatic rings. The molecule has 1 aromatic heterocycles. The molecule has 2 nitrogen and oxygen atoms in total. The third-order valence-corrected chi connectivity index (χ3v) is 4.51. The highest BCUT2D eigenvalue weighted by Gasteiger charge is 2.09. The third kappa shape index (κ3) is 2.75. The highest BCUT2D eigenvalue weighted by atomic mass is 35.5.